The summed E-state index contributed by atoms with van der Waals surface area (Å²) in [6.07, 6.45) is 1.14. The summed E-state index contributed by atoms with van der Waals surface area (Å²) in [6.45, 7) is 1.76. The number of phenols is 1. The largest absolute Gasteiger partial charge is 0.508 e. The molecule has 1 atom stereocenters. The number of hydrogen-bond donors (Lipinski definition) is 2. The monoisotopic (exact) mass is 196 g/mol. The van der Waals surface area contributed by atoms with Gasteiger partial charge in [0.15, 0.2) is 0 Å². The molecule has 0 spiro atoms. The van der Waals surface area contributed by atoms with Crippen molar-refractivity contribution in [3.05, 3.63) is 23.8 Å². The Balaban J connectivity index is 2.75. The number of rotatable bonds is 4. The highest BCUT2D eigenvalue weighted by Gasteiger charge is 2.05. The first-order valence-electron chi connectivity index (χ1n) is 4.67. The lowest BCUT2D eigenvalue weighted by Crippen LogP contribution is -2.02. The fraction of sp³-hybridized carbons (Fsp3) is 0.455. The summed E-state index contributed by atoms with van der Waals surface area (Å²) >= 11 is 0. The van der Waals surface area contributed by atoms with Crippen LogP contribution in [0.25, 0.3) is 0 Å². The molecule has 0 aromatic heterocycles. The zero-order chi connectivity index (χ0) is 10.6. The maximum Gasteiger partial charge on any atom is 0.125 e. The smallest absolute Gasteiger partial charge is 0.125 e. The predicted molar refractivity (Wildman–Crippen MR) is 54.7 cm³/mol. The van der Waals surface area contributed by atoms with Crippen molar-refractivity contribution in [3.63, 3.8) is 0 Å². The van der Waals surface area contributed by atoms with Crippen molar-refractivity contribution in [2.75, 3.05) is 7.11 Å². The number of aromatic hydroxyl groups is 1. The lowest BCUT2D eigenvalue weighted by atomic mass is 10.1. The fourth-order valence-corrected chi connectivity index (χ4v) is 1.30. The number of aliphatic hydroxyl groups excluding tert-OH is 1. The maximum atomic E-state index is 9.22. The molecule has 3 nitrogen and oxygen atoms in total. The lowest BCUT2D eigenvalue weighted by Gasteiger charge is -2.09. The number of hydrogen-bond acceptors (Lipinski definition) is 3. The molecule has 3 heteroatoms. The van der Waals surface area contributed by atoms with Crippen LogP contribution < -0.4 is 4.74 Å². The topological polar surface area (TPSA) is 49.7 Å². The van der Waals surface area contributed by atoms with E-state index in [1.165, 1.54) is 0 Å². The molecule has 0 saturated heterocycles. The molecule has 0 saturated carbocycles. The van der Waals surface area contributed by atoms with Crippen molar-refractivity contribution in [2.45, 2.75) is 25.9 Å². The minimum absolute atomic E-state index is 0.197. The van der Waals surface area contributed by atoms with Crippen molar-refractivity contribution in [3.8, 4) is 11.5 Å². The molecule has 1 aromatic carbocycles. The molecule has 0 amide bonds. The number of ether oxygens (including phenoxy) is 1. The Hall–Kier alpha value is -1.22. The summed E-state index contributed by atoms with van der Waals surface area (Å²) in [7, 11) is 1.57. The molecule has 0 aliphatic rings. The Morgan fingerprint density at radius 3 is 2.71 bits per heavy atom. The van der Waals surface area contributed by atoms with E-state index in [0.717, 1.165) is 12.0 Å². The molecule has 0 radical (unpaired) electrons. The third-order valence-electron chi connectivity index (χ3n) is 2.10. The van der Waals surface area contributed by atoms with Gasteiger partial charge in [-0.25, -0.2) is 0 Å². The second-order valence-electron chi connectivity index (χ2n) is 3.38. The van der Waals surface area contributed by atoms with Crippen molar-refractivity contribution in [1.29, 1.82) is 0 Å². The van der Waals surface area contributed by atoms with Gasteiger partial charge in [-0.05, 0) is 31.4 Å². The van der Waals surface area contributed by atoms with Crippen LogP contribution in [0.5, 0.6) is 11.5 Å². The minimum Gasteiger partial charge on any atom is -0.508 e. The van der Waals surface area contributed by atoms with E-state index in [9.17, 15) is 5.11 Å². The molecule has 0 heterocycles. The van der Waals surface area contributed by atoms with Crippen LogP contribution in [-0.4, -0.2) is 23.4 Å². The minimum atomic E-state index is -0.312. The molecule has 2 N–H and O–H groups in total. The maximum absolute atomic E-state index is 9.22. The molecule has 14 heavy (non-hydrogen) atoms. The first-order chi connectivity index (χ1) is 6.63. The van der Waals surface area contributed by atoms with Crippen molar-refractivity contribution >= 4 is 0 Å². The Kier molecular flexibility index (Phi) is 3.77. The molecule has 0 unspecified atom stereocenters. The van der Waals surface area contributed by atoms with Crippen LogP contribution in [0, 0.1) is 0 Å². The number of aryl methyl sites for hydroxylation is 1. The summed E-state index contributed by atoms with van der Waals surface area (Å²) in [5.74, 6) is 0.869. The van der Waals surface area contributed by atoms with Crippen LogP contribution in [0.15, 0.2) is 18.2 Å². The van der Waals surface area contributed by atoms with Gasteiger partial charge in [0.05, 0.1) is 13.2 Å². The second kappa shape index (κ2) is 4.86. The first-order valence-corrected chi connectivity index (χ1v) is 4.67. The Morgan fingerprint density at radius 1 is 1.43 bits per heavy atom. The Bertz CT molecular complexity index is 295. The van der Waals surface area contributed by atoms with E-state index >= 15 is 0 Å². The summed E-state index contributed by atoms with van der Waals surface area (Å²) in [5, 5.41) is 18.4. The quantitative estimate of drug-likeness (QED) is 0.770. The molecule has 0 bridgehead atoms. The van der Waals surface area contributed by atoms with Gasteiger partial charge in [0.1, 0.15) is 11.5 Å². The molecular formula is C11H16O3. The SMILES string of the molecule is COc1cc(O)ccc1CC[C@@H](C)O. The molecule has 1 aromatic rings. The van der Waals surface area contributed by atoms with Gasteiger partial charge >= 0.3 is 0 Å². The Labute approximate surface area is 84.0 Å². The standard InChI is InChI=1S/C11H16O3/c1-8(12)3-4-9-5-6-10(13)7-11(9)14-2/h5-8,12-13H,3-4H2,1-2H3/t8-/m1/s1. The van der Waals surface area contributed by atoms with E-state index in [2.05, 4.69) is 0 Å². The van der Waals surface area contributed by atoms with Crippen LogP contribution in [0.3, 0.4) is 0 Å². The summed E-state index contributed by atoms with van der Waals surface area (Å²) in [4.78, 5) is 0. The van der Waals surface area contributed by atoms with Crippen LogP contribution in [0.4, 0.5) is 0 Å². The van der Waals surface area contributed by atoms with Crippen LogP contribution >= 0.6 is 0 Å². The molecule has 0 fully saturated rings. The summed E-state index contributed by atoms with van der Waals surface area (Å²) in [5.41, 5.74) is 1.01. The highest BCUT2D eigenvalue weighted by Crippen LogP contribution is 2.24. The number of methoxy groups -OCH3 is 1. The van der Waals surface area contributed by atoms with E-state index in [1.54, 1.807) is 26.2 Å². The van der Waals surface area contributed by atoms with Crippen LogP contribution in [0.1, 0.15) is 18.9 Å². The zero-order valence-electron chi connectivity index (χ0n) is 8.53. The second-order valence-corrected chi connectivity index (χ2v) is 3.38. The molecule has 0 aliphatic heterocycles. The summed E-state index contributed by atoms with van der Waals surface area (Å²) in [6, 6.07) is 5.02. The van der Waals surface area contributed by atoms with Gasteiger partial charge in [-0.3, -0.25) is 0 Å². The van der Waals surface area contributed by atoms with Crippen LogP contribution in [-0.2, 0) is 6.42 Å². The number of aliphatic hydroxyl groups is 1. The number of benzene rings is 1. The summed E-state index contributed by atoms with van der Waals surface area (Å²) < 4.78 is 5.12. The van der Waals surface area contributed by atoms with E-state index < -0.39 is 0 Å². The zero-order valence-corrected chi connectivity index (χ0v) is 8.53. The average Bonchev–Trinajstić information content (AvgIpc) is 2.15. The van der Waals surface area contributed by atoms with Crippen molar-refractivity contribution < 1.29 is 14.9 Å². The third kappa shape index (κ3) is 2.92. The van der Waals surface area contributed by atoms with Gasteiger partial charge < -0.3 is 14.9 Å². The molecular weight excluding hydrogens is 180 g/mol. The molecule has 1 rings (SSSR count). The van der Waals surface area contributed by atoms with Crippen LogP contribution in [0.2, 0.25) is 0 Å². The first kappa shape index (κ1) is 10.9. The average molecular weight is 196 g/mol. The normalized spacial score (nSPS) is 12.5. The predicted octanol–water partition coefficient (Wildman–Crippen LogP) is 1.71. The van der Waals surface area contributed by atoms with Crippen molar-refractivity contribution in [1.82, 2.24) is 0 Å². The van der Waals surface area contributed by atoms with Gasteiger partial charge in [-0.2, -0.15) is 0 Å². The van der Waals surface area contributed by atoms with E-state index in [4.69, 9.17) is 9.84 Å². The van der Waals surface area contributed by atoms with Gasteiger partial charge in [0.25, 0.3) is 0 Å². The van der Waals surface area contributed by atoms with E-state index in [0.29, 0.717) is 12.2 Å². The van der Waals surface area contributed by atoms with E-state index in [1.807, 2.05) is 6.07 Å². The van der Waals surface area contributed by atoms with Gasteiger partial charge in [-0.1, -0.05) is 6.07 Å². The fourth-order valence-electron chi connectivity index (χ4n) is 1.30. The number of phenolic OH excluding ortho intramolecular Hbond substituents is 1. The van der Waals surface area contributed by atoms with Gasteiger partial charge in [0.2, 0.25) is 0 Å². The van der Waals surface area contributed by atoms with Gasteiger partial charge in [0, 0.05) is 6.07 Å². The van der Waals surface area contributed by atoms with Crippen molar-refractivity contribution in [2.24, 2.45) is 0 Å². The lowest BCUT2D eigenvalue weighted by molar-refractivity contribution is 0.184. The van der Waals surface area contributed by atoms with E-state index in [-0.39, 0.29) is 11.9 Å². The highest BCUT2D eigenvalue weighted by atomic mass is 16.5. The highest BCUT2D eigenvalue weighted by molar-refractivity contribution is 5.40. The van der Waals surface area contributed by atoms with Gasteiger partial charge in [-0.15, -0.1) is 0 Å². The molecule has 0 aliphatic carbocycles. The Morgan fingerprint density at radius 2 is 2.14 bits per heavy atom. The molecule has 78 valence electrons. The third-order valence-corrected chi connectivity index (χ3v) is 2.10.